The quantitative estimate of drug-likeness (QED) is 0.799. The topological polar surface area (TPSA) is 41.9 Å². The second-order valence-electron chi connectivity index (χ2n) is 6.04. The van der Waals surface area contributed by atoms with Gasteiger partial charge in [-0.1, -0.05) is 18.2 Å². The van der Waals surface area contributed by atoms with Gasteiger partial charge in [0.15, 0.2) is 11.5 Å². The summed E-state index contributed by atoms with van der Waals surface area (Å²) in [6.45, 7) is -3.05. The molecule has 1 N–H and O–H groups in total. The highest BCUT2D eigenvalue weighted by molar-refractivity contribution is 5.62. The maximum Gasteiger partial charge on any atom is 0.165 e. The number of aliphatic hydroxyl groups is 1. The molecule has 0 aromatic heterocycles. The molecule has 2 bridgehead atoms. The Kier molecular flexibility index (Phi) is 1.36. The van der Waals surface area contributed by atoms with Crippen LogP contribution in [0, 0.1) is 5.89 Å². The van der Waals surface area contributed by atoms with E-state index in [0.717, 1.165) is 17.1 Å². The second-order valence-corrected chi connectivity index (χ2v) is 6.04. The zero-order valence-corrected chi connectivity index (χ0v) is 12.0. The molecule has 1 fully saturated rings. The van der Waals surface area contributed by atoms with E-state index in [9.17, 15) is 7.85 Å². The number of likely N-dealkylation sites (N-methyl/N-ethyl adjacent to an activating group) is 1. The SMILES string of the molecule is [2H]C1(O)C=C[C@]2([2H])[C@@]34CCN(C([2H])([2H])[2H])[C@]2([2H])C([2H])([2H])c2ccc(OC)c(c23)OC14. The van der Waals surface area contributed by atoms with Gasteiger partial charge in [-0.05, 0) is 37.9 Å². The molecule has 0 amide bonds. The smallest absolute Gasteiger partial charge is 0.165 e. The molecular weight excluding hydrogens is 278 g/mol. The van der Waals surface area contributed by atoms with Crippen LogP contribution in [0.25, 0.3) is 0 Å². The predicted molar refractivity (Wildman–Crippen MR) is 82.5 cm³/mol. The normalized spacial score (nSPS) is 59.3. The minimum Gasteiger partial charge on any atom is -0.493 e. The number of likely N-dealkylation sites (tertiary alicyclic amines) is 1. The van der Waals surface area contributed by atoms with Gasteiger partial charge >= 0.3 is 0 Å². The molecule has 2 aliphatic carbocycles. The number of nitrogens with zero attached hydrogens (tertiary/aromatic N) is 1. The number of rotatable bonds is 1. The molecule has 0 radical (unpaired) electrons. The predicted octanol–water partition coefficient (Wildman–Crippen LogP) is 1.50. The average molecular weight is 307 g/mol. The third-order valence-electron chi connectivity index (χ3n) is 5.15. The maximum atomic E-state index is 10.8. The van der Waals surface area contributed by atoms with E-state index in [0.29, 0.717) is 0 Å². The van der Waals surface area contributed by atoms with Crippen molar-refractivity contribution in [2.45, 2.75) is 36.4 Å². The molecule has 5 atom stereocenters. The summed E-state index contributed by atoms with van der Waals surface area (Å²) < 4.78 is 80.2. The number of hydrogen-bond acceptors (Lipinski definition) is 4. The second kappa shape index (κ2) is 4.06. The average Bonchev–Trinajstić information content (AvgIpc) is 2.99. The van der Waals surface area contributed by atoms with Gasteiger partial charge in [0.05, 0.1) is 8.48 Å². The molecule has 2 unspecified atom stereocenters. The van der Waals surface area contributed by atoms with Gasteiger partial charge in [0, 0.05) is 32.5 Å². The number of benzene rings is 1. The van der Waals surface area contributed by atoms with Crippen LogP contribution in [0.15, 0.2) is 24.3 Å². The summed E-state index contributed by atoms with van der Waals surface area (Å²) in [4.78, 5) is 0.763. The molecule has 4 nitrogen and oxygen atoms in total. The fraction of sp³-hybridized carbons (Fsp3) is 0.556. The molecule has 22 heavy (non-hydrogen) atoms. The fourth-order valence-corrected chi connectivity index (χ4v) is 4.22. The first-order valence-corrected chi connectivity index (χ1v) is 7.29. The highest BCUT2D eigenvalue weighted by atomic mass is 16.5. The highest BCUT2D eigenvalue weighted by Gasteiger charge is 2.64. The van der Waals surface area contributed by atoms with Gasteiger partial charge in [0.1, 0.15) is 12.2 Å². The molecule has 2 aliphatic heterocycles. The zero-order chi connectivity index (χ0) is 22.1. The van der Waals surface area contributed by atoms with Crippen molar-refractivity contribution in [1.82, 2.24) is 4.90 Å². The molecule has 116 valence electrons. The van der Waals surface area contributed by atoms with Crippen molar-refractivity contribution in [2.24, 2.45) is 5.89 Å². The van der Waals surface area contributed by atoms with Gasteiger partial charge in [0.2, 0.25) is 0 Å². The van der Waals surface area contributed by atoms with Crippen LogP contribution in [0.4, 0.5) is 0 Å². The number of ether oxygens (including phenoxy) is 2. The van der Waals surface area contributed by atoms with Crippen molar-refractivity contribution in [2.75, 3.05) is 20.6 Å². The molecule has 1 spiro atoms. The molecule has 2 heterocycles. The van der Waals surface area contributed by atoms with Crippen molar-refractivity contribution in [3.63, 3.8) is 0 Å². The largest absolute Gasteiger partial charge is 0.493 e. The molecule has 5 rings (SSSR count). The van der Waals surface area contributed by atoms with Gasteiger partial charge in [-0.15, -0.1) is 0 Å². The monoisotopic (exact) mass is 307 g/mol. The Labute approximate surface area is 141 Å². The van der Waals surface area contributed by atoms with Gasteiger partial charge < -0.3 is 19.5 Å². The Hall–Kier alpha value is -1.52. The molecular formula is C18H21NO3. The lowest BCUT2D eigenvalue weighted by atomic mass is 9.53. The minimum absolute atomic E-state index is 0.00500. The molecule has 4 heteroatoms. The first-order chi connectivity index (χ1) is 13.7. The maximum absolute atomic E-state index is 10.8. The summed E-state index contributed by atoms with van der Waals surface area (Å²) in [5, 5.41) is 10.8. The first-order valence-electron chi connectivity index (χ1n) is 11.3. The molecule has 0 saturated carbocycles. The van der Waals surface area contributed by atoms with Gasteiger partial charge in [-0.3, -0.25) is 0 Å². The summed E-state index contributed by atoms with van der Waals surface area (Å²) in [5.74, 6) is -1.75. The van der Waals surface area contributed by atoms with Gasteiger partial charge in [0.25, 0.3) is 0 Å². The van der Waals surface area contributed by atoms with Crippen LogP contribution < -0.4 is 9.47 Å². The number of piperidine rings is 1. The van der Waals surface area contributed by atoms with Crippen molar-refractivity contribution in [3.8, 4) is 11.5 Å². The van der Waals surface area contributed by atoms with Crippen molar-refractivity contribution in [3.05, 3.63) is 35.4 Å². The summed E-state index contributed by atoms with van der Waals surface area (Å²) >= 11 is 0. The third-order valence-corrected chi connectivity index (χ3v) is 5.15. The Morgan fingerprint density at radius 2 is 2.45 bits per heavy atom. The summed E-state index contributed by atoms with van der Waals surface area (Å²) in [6.07, 6.45) is -4.02. The lowest BCUT2D eigenvalue weighted by Crippen LogP contribution is -2.64. The molecule has 1 aromatic rings. The third kappa shape index (κ3) is 1.28. The van der Waals surface area contributed by atoms with Crippen LogP contribution in [0.1, 0.15) is 28.5 Å². The fourth-order valence-electron chi connectivity index (χ4n) is 4.22. The standard InChI is InChI=1S/C18H21NO3/c1-19-8-7-18-11-4-5-13(20)17(18)22-16-14(21-2)6-3-10(15(16)18)9-12(11)19/h3-6,11-13,17,20H,7-9H2,1-2H3/t11-,12+,13?,17?,18-/m0/s1/i1D3,9D2,11D,12D,13D. The van der Waals surface area contributed by atoms with E-state index in [-0.39, 0.29) is 35.6 Å². The highest BCUT2D eigenvalue weighted by Crippen LogP contribution is 2.62. The van der Waals surface area contributed by atoms with E-state index in [1.54, 1.807) is 0 Å². The van der Waals surface area contributed by atoms with E-state index in [1.807, 2.05) is 0 Å². The molecule has 1 saturated heterocycles. The van der Waals surface area contributed by atoms with Gasteiger partial charge in [-0.25, -0.2) is 0 Å². The minimum atomic E-state index is -2.82. The van der Waals surface area contributed by atoms with Crippen molar-refractivity contribution < 1.29 is 25.5 Å². The van der Waals surface area contributed by atoms with Crippen LogP contribution in [0.2, 0.25) is 0 Å². The van der Waals surface area contributed by atoms with Crippen LogP contribution in [0.5, 0.6) is 11.5 Å². The van der Waals surface area contributed by atoms with Crippen LogP contribution >= 0.6 is 0 Å². The molecule has 4 aliphatic rings. The van der Waals surface area contributed by atoms with Crippen LogP contribution in [0.3, 0.4) is 0 Å². The van der Waals surface area contributed by atoms with Gasteiger partial charge in [-0.2, -0.15) is 0 Å². The summed E-state index contributed by atoms with van der Waals surface area (Å²) in [5.41, 5.74) is -1.18. The van der Waals surface area contributed by atoms with Crippen molar-refractivity contribution in [1.29, 1.82) is 0 Å². The summed E-state index contributed by atoms with van der Waals surface area (Å²) in [6, 6.07) is 0.325. The van der Waals surface area contributed by atoms with E-state index in [2.05, 4.69) is 0 Å². The Morgan fingerprint density at radius 3 is 3.27 bits per heavy atom. The number of methoxy groups -OCH3 is 1. The Morgan fingerprint density at radius 1 is 1.55 bits per heavy atom. The van der Waals surface area contributed by atoms with Crippen LogP contribution in [-0.4, -0.2) is 48.8 Å². The Balaban J connectivity index is 1.96. The van der Waals surface area contributed by atoms with E-state index in [1.165, 1.54) is 19.2 Å². The van der Waals surface area contributed by atoms with Crippen molar-refractivity contribution >= 4 is 0 Å². The lowest BCUT2D eigenvalue weighted by Gasteiger charge is -2.56. The first kappa shape index (κ1) is 7.37. The molecule has 1 aromatic carbocycles. The lowest BCUT2D eigenvalue weighted by molar-refractivity contribution is -0.0453. The van der Waals surface area contributed by atoms with E-state index in [4.69, 9.17) is 17.7 Å². The van der Waals surface area contributed by atoms with Crippen LogP contribution in [-0.2, 0) is 11.8 Å². The van der Waals surface area contributed by atoms with E-state index < -0.39 is 42.9 Å². The Bertz CT molecular complexity index is 994. The summed E-state index contributed by atoms with van der Waals surface area (Å²) in [7, 11) is 1.41. The number of hydrogen-bond donors (Lipinski definition) is 1. The van der Waals surface area contributed by atoms with E-state index >= 15 is 0 Å². The zero-order valence-electron chi connectivity index (χ0n) is 20.0.